The van der Waals surface area contributed by atoms with E-state index in [4.69, 9.17) is 4.74 Å². The number of aromatic nitrogens is 2. The van der Waals surface area contributed by atoms with Gasteiger partial charge in [0.1, 0.15) is 10.8 Å². The van der Waals surface area contributed by atoms with Crippen LogP contribution in [0.15, 0.2) is 48.8 Å². The summed E-state index contributed by atoms with van der Waals surface area (Å²) >= 11 is 1.55. The predicted octanol–water partition coefficient (Wildman–Crippen LogP) is 3.84. The van der Waals surface area contributed by atoms with E-state index < -0.39 is 0 Å². The minimum absolute atomic E-state index is 0.274. The lowest BCUT2D eigenvalue weighted by molar-refractivity contribution is 0.252. The Labute approximate surface area is 149 Å². The summed E-state index contributed by atoms with van der Waals surface area (Å²) in [7, 11) is 1.59. The maximum atomic E-state index is 12.1. The van der Waals surface area contributed by atoms with Crippen LogP contribution in [0, 0.1) is 6.92 Å². The quantitative estimate of drug-likeness (QED) is 0.730. The van der Waals surface area contributed by atoms with Crippen LogP contribution in [0.5, 0.6) is 5.75 Å². The minimum atomic E-state index is -0.274. The topological polar surface area (TPSA) is 76.1 Å². The molecule has 2 amide bonds. The molecule has 0 unspecified atom stereocenters. The van der Waals surface area contributed by atoms with Gasteiger partial charge in [-0.05, 0) is 31.2 Å². The highest BCUT2D eigenvalue weighted by molar-refractivity contribution is 7.15. The molecule has 1 aromatic carbocycles. The number of amides is 2. The van der Waals surface area contributed by atoms with Gasteiger partial charge < -0.3 is 15.4 Å². The van der Waals surface area contributed by atoms with Crippen LogP contribution in [-0.2, 0) is 6.54 Å². The van der Waals surface area contributed by atoms with Gasteiger partial charge in [0.15, 0.2) is 0 Å². The summed E-state index contributed by atoms with van der Waals surface area (Å²) in [5, 5.41) is 6.54. The molecule has 0 aliphatic heterocycles. The molecule has 128 valence electrons. The number of methoxy groups -OCH3 is 1. The van der Waals surface area contributed by atoms with E-state index in [1.807, 2.05) is 31.2 Å². The summed E-state index contributed by atoms with van der Waals surface area (Å²) in [4.78, 5) is 21.8. The number of aryl methyl sites for hydroxylation is 1. The summed E-state index contributed by atoms with van der Waals surface area (Å²) in [6, 6.07) is 10.8. The third kappa shape index (κ3) is 4.33. The smallest absolute Gasteiger partial charge is 0.319 e. The summed E-state index contributed by atoms with van der Waals surface area (Å²) in [6.45, 7) is 2.35. The van der Waals surface area contributed by atoms with Crippen molar-refractivity contribution in [2.24, 2.45) is 0 Å². The Morgan fingerprint density at radius 2 is 2.16 bits per heavy atom. The van der Waals surface area contributed by atoms with Crippen LogP contribution in [0.4, 0.5) is 10.5 Å². The largest absolute Gasteiger partial charge is 0.497 e. The highest BCUT2D eigenvalue weighted by atomic mass is 32.1. The van der Waals surface area contributed by atoms with Crippen LogP contribution in [0.1, 0.15) is 10.6 Å². The van der Waals surface area contributed by atoms with Gasteiger partial charge in [0, 0.05) is 34.6 Å². The molecule has 0 bridgehead atoms. The second kappa shape index (κ2) is 7.76. The number of thiazole rings is 1. The van der Waals surface area contributed by atoms with Crippen molar-refractivity contribution in [2.45, 2.75) is 13.5 Å². The molecule has 0 radical (unpaired) electrons. The van der Waals surface area contributed by atoms with Gasteiger partial charge in [-0.3, -0.25) is 4.98 Å². The fraction of sp³-hybridized carbons (Fsp3) is 0.167. The monoisotopic (exact) mass is 354 g/mol. The molecule has 2 aromatic heterocycles. The summed E-state index contributed by atoms with van der Waals surface area (Å²) in [6.07, 6.45) is 3.51. The van der Waals surface area contributed by atoms with Gasteiger partial charge in [-0.2, -0.15) is 0 Å². The van der Waals surface area contributed by atoms with Gasteiger partial charge in [-0.25, -0.2) is 9.78 Å². The number of carbonyl (C=O) groups is 1. The van der Waals surface area contributed by atoms with Crippen LogP contribution >= 0.6 is 11.3 Å². The summed E-state index contributed by atoms with van der Waals surface area (Å²) in [5.41, 5.74) is 2.56. The first-order valence-electron chi connectivity index (χ1n) is 7.71. The zero-order valence-corrected chi connectivity index (χ0v) is 14.8. The second-order valence-electron chi connectivity index (χ2n) is 5.31. The zero-order valence-electron chi connectivity index (χ0n) is 13.9. The standard InChI is InChI=1S/C18H18N4O2S/c1-12-16(25-17(21-12)13-5-4-8-19-10-13)11-20-18(23)22-14-6-3-7-15(9-14)24-2/h3-10H,11H2,1-2H3,(H2,20,22,23). The first-order chi connectivity index (χ1) is 12.2. The molecule has 0 saturated heterocycles. The highest BCUT2D eigenvalue weighted by Crippen LogP contribution is 2.27. The van der Waals surface area contributed by atoms with E-state index in [0.29, 0.717) is 18.0 Å². The summed E-state index contributed by atoms with van der Waals surface area (Å²) < 4.78 is 5.14. The van der Waals surface area contributed by atoms with Crippen molar-refractivity contribution < 1.29 is 9.53 Å². The molecule has 6 nitrogen and oxygen atoms in total. The number of rotatable bonds is 5. The molecule has 3 rings (SSSR count). The first kappa shape index (κ1) is 16.9. The Balaban J connectivity index is 1.61. The van der Waals surface area contributed by atoms with Gasteiger partial charge in [0.2, 0.25) is 0 Å². The Morgan fingerprint density at radius 3 is 2.92 bits per heavy atom. The van der Waals surface area contributed by atoms with Crippen molar-refractivity contribution in [3.63, 3.8) is 0 Å². The Morgan fingerprint density at radius 1 is 1.28 bits per heavy atom. The molecule has 3 aromatic rings. The normalized spacial score (nSPS) is 10.3. The van der Waals surface area contributed by atoms with Gasteiger partial charge >= 0.3 is 6.03 Å². The molecule has 0 aliphatic carbocycles. The van der Waals surface area contributed by atoms with Gasteiger partial charge in [0.05, 0.1) is 19.3 Å². The number of nitrogens with one attached hydrogen (secondary N) is 2. The van der Waals surface area contributed by atoms with Crippen molar-refractivity contribution >= 4 is 23.1 Å². The fourth-order valence-electron chi connectivity index (χ4n) is 2.24. The van der Waals surface area contributed by atoms with Crippen molar-refractivity contribution in [2.75, 3.05) is 12.4 Å². The second-order valence-corrected chi connectivity index (χ2v) is 6.39. The zero-order chi connectivity index (χ0) is 17.6. The Bertz CT molecular complexity index is 865. The number of urea groups is 1. The number of ether oxygens (including phenoxy) is 1. The minimum Gasteiger partial charge on any atom is -0.497 e. The molecule has 0 spiro atoms. The third-order valence-electron chi connectivity index (χ3n) is 3.54. The maximum Gasteiger partial charge on any atom is 0.319 e. The highest BCUT2D eigenvalue weighted by Gasteiger charge is 2.11. The Hall–Kier alpha value is -2.93. The van der Waals surface area contributed by atoms with Crippen molar-refractivity contribution in [1.82, 2.24) is 15.3 Å². The van der Waals surface area contributed by atoms with Crippen molar-refractivity contribution in [1.29, 1.82) is 0 Å². The molecular weight excluding hydrogens is 336 g/mol. The number of benzene rings is 1. The molecule has 0 atom stereocenters. The first-order valence-corrected chi connectivity index (χ1v) is 8.53. The van der Waals surface area contributed by atoms with Crippen molar-refractivity contribution in [3.8, 4) is 16.3 Å². The molecule has 2 N–H and O–H groups in total. The number of anilines is 1. The molecule has 0 aliphatic rings. The number of pyridine rings is 1. The number of carbonyl (C=O) groups excluding carboxylic acids is 1. The van der Waals surface area contributed by atoms with Crippen LogP contribution in [0.2, 0.25) is 0 Å². The average molecular weight is 354 g/mol. The Kier molecular flexibility index (Phi) is 5.25. The van der Waals surface area contributed by atoms with Crippen LogP contribution in [0.25, 0.3) is 10.6 Å². The molecular formula is C18H18N4O2S. The van der Waals surface area contributed by atoms with Crippen LogP contribution in [0.3, 0.4) is 0 Å². The lowest BCUT2D eigenvalue weighted by Crippen LogP contribution is -2.28. The van der Waals surface area contributed by atoms with Crippen LogP contribution < -0.4 is 15.4 Å². The lowest BCUT2D eigenvalue weighted by atomic mass is 10.3. The van der Waals surface area contributed by atoms with Crippen molar-refractivity contribution in [3.05, 3.63) is 59.4 Å². The van der Waals surface area contributed by atoms with E-state index in [-0.39, 0.29) is 6.03 Å². The lowest BCUT2D eigenvalue weighted by Gasteiger charge is -2.08. The maximum absolute atomic E-state index is 12.1. The van der Waals surface area contributed by atoms with E-state index in [0.717, 1.165) is 21.1 Å². The molecule has 0 saturated carbocycles. The average Bonchev–Trinajstić information content (AvgIpc) is 3.02. The van der Waals surface area contributed by atoms with Crippen LogP contribution in [-0.4, -0.2) is 23.1 Å². The molecule has 25 heavy (non-hydrogen) atoms. The van der Waals surface area contributed by atoms with Gasteiger partial charge in [-0.1, -0.05) is 6.07 Å². The fourth-order valence-corrected chi connectivity index (χ4v) is 3.23. The third-order valence-corrected chi connectivity index (χ3v) is 4.74. The predicted molar refractivity (Wildman–Crippen MR) is 98.9 cm³/mol. The number of hydrogen-bond acceptors (Lipinski definition) is 5. The van der Waals surface area contributed by atoms with E-state index in [9.17, 15) is 4.79 Å². The number of nitrogens with zero attached hydrogens (tertiary/aromatic N) is 2. The van der Waals surface area contributed by atoms with E-state index in [1.165, 1.54) is 0 Å². The molecule has 0 fully saturated rings. The molecule has 7 heteroatoms. The summed E-state index contributed by atoms with van der Waals surface area (Å²) in [5.74, 6) is 0.692. The van der Waals surface area contributed by atoms with E-state index >= 15 is 0 Å². The number of hydrogen-bond donors (Lipinski definition) is 2. The van der Waals surface area contributed by atoms with E-state index in [2.05, 4.69) is 20.6 Å². The SMILES string of the molecule is COc1cccc(NC(=O)NCc2sc(-c3cccnc3)nc2C)c1. The van der Waals surface area contributed by atoms with Gasteiger partial charge in [-0.15, -0.1) is 11.3 Å². The van der Waals surface area contributed by atoms with Gasteiger partial charge in [0.25, 0.3) is 0 Å². The molecule has 2 heterocycles. The van der Waals surface area contributed by atoms with E-state index in [1.54, 1.807) is 43.0 Å².